The molecule has 0 aliphatic heterocycles. The first-order valence-corrected chi connectivity index (χ1v) is 9.73. The molecule has 21 heavy (non-hydrogen) atoms. The van der Waals surface area contributed by atoms with Gasteiger partial charge in [0.25, 0.3) is 0 Å². The number of halogens is 1. The van der Waals surface area contributed by atoms with E-state index in [0.29, 0.717) is 23.9 Å². The highest BCUT2D eigenvalue weighted by molar-refractivity contribution is 7.91. The number of rotatable bonds is 9. The zero-order valence-electron chi connectivity index (χ0n) is 13.1. The maximum absolute atomic E-state index is 11.9. The van der Waals surface area contributed by atoms with Gasteiger partial charge in [-0.15, -0.1) is 0 Å². The quantitative estimate of drug-likeness (QED) is 0.751. The summed E-state index contributed by atoms with van der Waals surface area (Å²) < 4.78 is 23.8. The summed E-state index contributed by atoms with van der Waals surface area (Å²) in [5, 5.41) is 4.10. The molecule has 1 aromatic rings. The zero-order chi connectivity index (χ0) is 15.9. The van der Waals surface area contributed by atoms with Crippen LogP contribution >= 0.6 is 11.6 Å². The molecule has 1 aromatic carbocycles. The number of benzene rings is 1. The van der Waals surface area contributed by atoms with Gasteiger partial charge in [0, 0.05) is 23.4 Å². The van der Waals surface area contributed by atoms with Crippen LogP contribution in [0.2, 0.25) is 5.02 Å². The summed E-state index contributed by atoms with van der Waals surface area (Å²) >= 11 is 5.92. The molecule has 120 valence electrons. The Morgan fingerprint density at radius 3 is 2.29 bits per heavy atom. The van der Waals surface area contributed by atoms with E-state index in [4.69, 9.17) is 11.6 Å². The number of nitrogens with one attached hydrogen (secondary N) is 1. The fourth-order valence-corrected chi connectivity index (χ4v) is 3.83. The minimum absolute atomic E-state index is 0.191. The van der Waals surface area contributed by atoms with E-state index in [0.717, 1.165) is 12.1 Å². The summed E-state index contributed by atoms with van der Waals surface area (Å²) in [5.74, 6) is 0.711. The second kappa shape index (κ2) is 8.76. The molecule has 0 saturated carbocycles. The third-order valence-corrected chi connectivity index (χ3v) is 5.55. The Morgan fingerprint density at radius 1 is 1.14 bits per heavy atom. The van der Waals surface area contributed by atoms with Gasteiger partial charge in [-0.25, -0.2) is 8.42 Å². The summed E-state index contributed by atoms with van der Waals surface area (Å²) in [6.07, 6.45) is 1.32. The van der Waals surface area contributed by atoms with Gasteiger partial charge in [0.15, 0.2) is 0 Å². The molecular formula is C16H26ClNO2S. The summed E-state index contributed by atoms with van der Waals surface area (Å²) in [6.45, 7) is 6.86. The van der Waals surface area contributed by atoms with Crippen LogP contribution in [0.3, 0.4) is 0 Å². The van der Waals surface area contributed by atoms with E-state index >= 15 is 0 Å². The van der Waals surface area contributed by atoms with Gasteiger partial charge in [-0.05, 0) is 36.5 Å². The highest BCUT2D eigenvalue weighted by Gasteiger charge is 2.17. The molecule has 0 radical (unpaired) electrons. The highest BCUT2D eigenvalue weighted by atomic mass is 35.5. The van der Waals surface area contributed by atoms with Gasteiger partial charge < -0.3 is 5.32 Å². The summed E-state index contributed by atoms with van der Waals surface area (Å²) in [4.78, 5) is 0. The molecule has 5 heteroatoms. The lowest BCUT2D eigenvalue weighted by Crippen LogP contribution is -2.29. The van der Waals surface area contributed by atoms with Gasteiger partial charge >= 0.3 is 0 Å². The molecule has 3 nitrogen and oxygen atoms in total. The van der Waals surface area contributed by atoms with Gasteiger partial charge in [-0.1, -0.05) is 44.5 Å². The van der Waals surface area contributed by atoms with Crippen LogP contribution in [-0.2, 0) is 9.84 Å². The summed E-state index contributed by atoms with van der Waals surface area (Å²) in [7, 11) is -2.94. The Kier molecular flexibility index (Phi) is 7.71. The predicted molar refractivity (Wildman–Crippen MR) is 90.9 cm³/mol. The maximum Gasteiger partial charge on any atom is 0.150 e. The Labute approximate surface area is 134 Å². The minimum atomic E-state index is -2.94. The number of hydrogen-bond acceptors (Lipinski definition) is 3. The van der Waals surface area contributed by atoms with Crippen LogP contribution in [0.15, 0.2) is 24.3 Å². The molecule has 1 rings (SSSR count). The predicted octanol–water partition coefficient (Wildman–Crippen LogP) is 3.64. The first-order valence-electron chi connectivity index (χ1n) is 7.53. The Hall–Kier alpha value is -0.580. The van der Waals surface area contributed by atoms with Crippen molar-refractivity contribution in [3.63, 3.8) is 0 Å². The number of hydrogen-bond donors (Lipinski definition) is 1. The second-order valence-electron chi connectivity index (χ2n) is 5.75. The average molecular weight is 332 g/mol. The SMILES string of the molecule is CCCS(=O)(=O)CCC(CNC(C)C)c1ccc(Cl)cc1. The molecule has 0 amide bonds. The van der Waals surface area contributed by atoms with Gasteiger partial charge in [-0.2, -0.15) is 0 Å². The van der Waals surface area contributed by atoms with Gasteiger partial charge in [0.2, 0.25) is 0 Å². The smallest absolute Gasteiger partial charge is 0.150 e. The van der Waals surface area contributed by atoms with Crippen molar-refractivity contribution < 1.29 is 8.42 Å². The molecule has 0 heterocycles. The van der Waals surface area contributed by atoms with Crippen molar-refractivity contribution in [2.24, 2.45) is 0 Å². The molecule has 0 aromatic heterocycles. The lowest BCUT2D eigenvalue weighted by Gasteiger charge is -2.20. The molecule has 0 aliphatic rings. The van der Waals surface area contributed by atoms with Crippen molar-refractivity contribution in [3.8, 4) is 0 Å². The largest absolute Gasteiger partial charge is 0.314 e. The van der Waals surface area contributed by atoms with Crippen LogP contribution in [0.25, 0.3) is 0 Å². The van der Waals surface area contributed by atoms with Gasteiger partial charge in [0.1, 0.15) is 9.84 Å². The standard InChI is InChI=1S/C16H26ClNO2S/c1-4-10-21(19,20)11-9-15(12-18-13(2)3)14-5-7-16(17)8-6-14/h5-8,13,15,18H,4,9-12H2,1-3H3. The molecule has 1 unspecified atom stereocenters. The van der Waals surface area contributed by atoms with Crippen molar-refractivity contribution in [1.82, 2.24) is 5.32 Å². The van der Waals surface area contributed by atoms with E-state index < -0.39 is 9.84 Å². The fourth-order valence-electron chi connectivity index (χ4n) is 2.23. The summed E-state index contributed by atoms with van der Waals surface area (Å²) in [6, 6.07) is 8.08. The Balaban J connectivity index is 2.75. The molecule has 0 spiro atoms. The van der Waals surface area contributed by atoms with Crippen LogP contribution < -0.4 is 5.32 Å². The van der Waals surface area contributed by atoms with E-state index in [1.54, 1.807) is 0 Å². The van der Waals surface area contributed by atoms with E-state index in [1.165, 1.54) is 0 Å². The van der Waals surface area contributed by atoms with E-state index in [1.807, 2.05) is 31.2 Å². The Bertz CT molecular complexity index is 512. The Morgan fingerprint density at radius 2 is 1.76 bits per heavy atom. The van der Waals surface area contributed by atoms with Crippen LogP contribution in [0.4, 0.5) is 0 Å². The van der Waals surface area contributed by atoms with Crippen LogP contribution in [0, 0.1) is 0 Å². The normalized spacial score (nSPS) is 13.6. The molecular weight excluding hydrogens is 306 g/mol. The monoisotopic (exact) mass is 331 g/mol. The zero-order valence-corrected chi connectivity index (χ0v) is 14.7. The lowest BCUT2D eigenvalue weighted by atomic mass is 9.96. The lowest BCUT2D eigenvalue weighted by molar-refractivity contribution is 0.517. The fraction of sp³-hybridized carbons (Fsp3) is 0.625. The molecule has 1 atom stereocenters. The van der Waals surface area contributed by atoms with E-state index in [2.05, 4.69) is 19.2 Å². The maximum atomic E-state index is 11.9. The van der Waals surface area contributed by atoms with Gasteiger partial charge in [-0.3, -0.25) is 0 Å². The third-order valence-electron chi connectivity index (χ3n) is 3.41. The topological polar surface area (TPSA) is 46.2 Å². The average Bonchev–Trinajstić information content (AvgIpc) is 2.40. The first-order chi connectivity index (χ1) is 9.84. The van der Waals surface area contributed by atoms with Crippen LogP contribution in [0.5, 0.6) is 0 Å². The van der Waals surface area contributed by atoms with Gasteiger partial charge in [0.05, 0.1) is 5.75 Å². The van der Waals surface area contributed by atoms with Crippen LogP contribution in [0.1, 0.15) is 45.1 Å². The van der Waals surface area contributed by atoms with Crippen LogP contribution in [-0.4, -0.2) is 32.5 Å². The molecule has 1 N–H and O–H groups in total. The van der Waals surface area contributed by atoms with Crippen molar-refractivity contribution in [2.75, 3.05) is 18.1 Å². The van der Waals surface area contributed by atoms with Crippen molar-refractivity contribution >= 4 is 21.4 Å². The first kappa shape index (κ1) is 18.5. The molecule has 0 bridgehead atoms. The van der Waals surface area contributed by atoms with Crippen molar-refractivity contribution in [1.29, 1.82) is 0 Å². The van der Waals surface area contributed by atoms with Crippen molar-refractivity contribution in [2.45, 2.75) is 45.6 Å². The van der Waals surface area contributed by atoms with E-state index in [9.17, 15) is 8.42 Å². The molecule has 0 fully saturated rings. The summed E-state index contributed by atoms with van der Waals surface area (Å²) in [5.41, 5.74) is 1.14. The molecule has 0 saturated heterocycles. The van der Waals surface area contributed by atoms with E-state index in [-0.39, 0.29) is 17.4 Å². The molecule has 0 aliphatic carbocycles. The van der Waals surface area contributed by atoms with Crippen molar-refractivity contribution in [3.05, 3.63) is 34.9 Å². The minimum Gasteiger partial charge on any atom is -0.314 e. The number of sulfone groups is 1. The third kappa shape index (κ3) is 7.30. The highest BCUT2D eigenvalue weighted by Crippen LogP contribution is 2.22. The second-order valence-corrected chi connectivity index (χ2v) is 8.49.